The number of amides is 2. The maximum Gasteiger partial charge on any atom is 0.426 e. The van der Waals surface area contributed by atoms with E-state index in [2.05, 4.69) is 20.5 Å². The molecule has 46 heavy (non-hydrogen) atoms. The lowest BCUT2D eigenvalue weighted by Crippen LogP contribution is -2.45. The van der Waals surface area contributed by atoms with Crippen LogP contribution in [0.4, 0.5) is 36.8 Å². The number of benzene rings is 1. The average molecular weight is 656 g/mol. The summed E-state index contributed by atoms with van der Waals surface area (Å²) in [6, 6.07) is 8.55. The summed E-state index contributed by atoms with van der Waals surface area (Å²) < 4.78 is 104. The van der Waals surface area contributed by atoms with Crippen molar-refractivity contribution in [2.45, 2.75) is 77.2 Å². The Bertz CT molecular complexity index is 1580. The van der Waals surface area contributed by atoms with Gasteiger partial charge in [-0.3, -0.25) is 10.1 Å². The number of rotatable bonds is 4. The van der Waals surface area contributed by atoms with Crippen LogP contribution in [0.5, 0.6) is 0 Å². The summed E-state index contributed by atoms with van der Waals surface area (Å²) in [5.41, 5.74) is -7.05. The van der Waals surface area contributed by atoms with Crippen molar-refractivity contribution in [3.05, 3.63) is 71.3 Å². The van der Waals surface area contributed by atoms with Crippen molar-refractivity contribution < 1.29 is 49.8 Å². The van der Waals surface area contributed by atoms with Crippen molar-refractivity contribution >= 4 is 17.7 Å². The van der Waals surface area contributed by atoms with E-state index in [4.69, 9.17) is 13.9 Å². The molecule has 10 nitrogen and oxygen atoms in total. The van der Waals surface area contributed by atoms with E-state index in [0.29, 0.717) is 11.6 Å². The summed E-state index contributed by atoms with van der Waals surface area (Å²) in [4.78, 5) is 30.1. The van der Waals surface area contributed by atoms with Gasteiger partial charge in [-0.15, -0.1) is 10.2 Å². The molecule has 248 valence electrons. The fraction of sp³-hybridized carbons (Fsp3) is 0.433. The number of carbonyl (C=O) groups is 2. The molecular weight excluding hydrogens is 624 g/mol. The lowest BCUT2D eigenvalue weighted by Gasteiger charge is -2.32. The van der Waals surface area contributed by atoms with Crippen LogP contribution in [0.2, 0.25) is 0 Å². The molecule has 3 aromatic rings. The molecule has 1 N–H and O–H groups in total. The average Bonchev–Trinajstić information content (AvgIpc) is 3.42. The third kappa shape index (κ3) is 8.02. The standard InChI is InChI=1S/C30H31F6N5O5/c1-18(42)41-14-10-6-9-13-28(30(34,35)36,44-17-19-11-7-5-8-12-19)25-40-39-24(45-25)23-21(38-26(43)46-27(2,3)4)15-20(29(31,32)33)22(16-41)37-23/h5-9,11-12,15H,10,13-14,16-17H2,1-4H3,(H,38,43)/b9-6+. The van der Waals surface area contributed by atoms with Crippen molar-refractivity contribution in [3.63, 3.8) is 0 Å². The van der Waals surface area contributed by atoms with Crippen LogP contribution in [0.15, 0.2) is 53.0 Å². The van der Waals surface area contributed by atoms with Gasteiger partial charge < -0.3 is 18.8 Å². The molecule has 1 atom stereocenters. The van der Waals surface area contributed by atoms with Gasteiger partial charge in [0.2, 0.25) is 11.5 Å². The van der Waals surface area contributed by atoms with Gasteiger partial charge in [-0.1, -0.05) is 42.5 Å². The van der Waals surface area contributed by atoms with Crippen molar-refractivity contribution in [3.8, 4) is 11.6 Å². The molecule has 0 spiro atoms. The highest BCUT2D eigenvalue weighted by Crippen LogP contribution is 2.46. The van der Waals surface area contributed by atoms with E-state index in [1.807, 2.05) is 0 Å². The summed E-state index contributed by atoms with van der Waals surface area (Å²) in [6.07, 6.45) is -9.64. The quantitative estimate of drug-likeness (QED) is 0.232. The van der Waals surface area contributed by atoms with Crippen LogP contribution in [-0.4, -0.2) is 50.4 Å². The Kier molecular flexibility index (Phi) is 9.80. The maximum atomic E-state index is 15.0. The summed E-state index contributed by atoms with van der Waals surface area (Å²) in [5, 5.41) is 9.48. The Morgan fingerprint density at radius 1 is 1.04 bits per heavy atom. The molecule has 2 amide bonds. The van der Waals surface area contributed by atoms with Gasteiger partial charge in [-0.05, 0) is 38.8 Å². The van der Waals surface area contributed by atoms with E-state index in [1.165, 1.54) is 32.9 Å². The number of halogens is 6. The molecule has 1 unspecified atom stereocenters. The third-order valence-corrected chi connectivity index (χ3v) is 6.73. The number of hydrogen-bond donors (Lipinski definition) is 1. The van der Waals surface area contributed by atoms with Gasteiger partial charge in [0.25, 0.3) is 11.8 Å². The zero-order valence-corrected chi connectivity index (χ0v) is 25.3. The van der Waals surface area contributed by atoms with Gasteiger partial charge in [-0.25, -0.2) is 9.78 Å². The van der Waals surface area contributed by atoms with E-state index < -0.39 is 89.5 Å². The van der Waals surface area contributed by atoms with Crippen LogP contribution in [0, 0.1) is 0 Å². The molecule has 4 bridgehead atoms. The largest absolute Gasteiger partial charge is 0.444 e. The Morgan fingerprint density at radius 2 is 1.74 bits per heavy atom. The Morgan fingerprint density at radius 3 is 2.35 bits per heavy atom. The van der Waals surface area contributed by atoms with Crippen LogP contribution in [0.25, 0.3) is 11.6 Å². The first-order chi connectivity index (χ1) is 21.4. The molecule has 1 aliphatic rings. The minimum Gasteiger partial charge on any atom is -0.444 e. The van der Waals surface area contributed by atoms with Crippen molar-refractivity contribution in [2.75, 3.05) is 11.9 Å². The number of nitrogens with zero attached hydrogens (tertiary/aromatic N) is 4. The van der Waals surface area contributed by atoms with Crippen molar-refractivity contribution in [1.29, 1.82) is 0 Å². The molecule has 0 saturated carbocycles. The predicted octanol–water partition coefficient (Wildman–Crippen LogP) is 7.17. The molecule has 1 aromatic carbocycles. The molecule has 4 rings (SSSR count). The van der Waals surface area contributed by atoms with E-state index in [9.17, 15) is 35.9 Å². The van der Waals surface area contributed by atoms with Crippen LogP contribution in [0.1, 0.15) is 63.2 Å². The number of pyridine rings is 1. The zero-order valence-electron chi connectivity index (χ0n) is 25.3. The maximum absolute atomic E-state index is 15.0. The Labute approximate surface area is 259 Å². The molecule has 0 radical (unpaired) electrons. The summed E-state index contributed by atoms with van der Waals surface area (Å²) in [5.74, 6) is -2.39. The minimum atomic E-state index is -5.13. The second kappa shape index (κ2) is 13.1. The normalized spacial score (nSPS) is 18.4. The Balaban J connectivity index is 1.94. The molecule has 0 aliphatic carbocycles. The van der Waals surface area contributed by atoms with Gasteiger partial charge in [-0.2, -0.15) is 26.3 Å². The zero-order chi connectivity index (χ0) is 33.9. The van der Waals surface area contributed by atoms with Crippen LogP contribution in [-0.2, 0) is 39.2 Å². The van der Waals surface area contributed by atoms with Gasteiger partial charge in [0.15, 0.2) is 5.69 Å². The van der Waals surface area contributed by atoms with E-state index in [0.717, 1.165) is 11.8 Å². The van der Waals surface area contributed by atoms with Crippen LogP contribution in [0.3, 0.4) is 0 Å². The highest BCUT2D eigenvalue weighted by molar-refractivity contribution is 5.89. The van der Waals surface area contributed by atoms with Crippen LogP contribution < -0.4 is 5.32 Å². The number of hydrogen-bond acceptors (Lipinski definition) is 8. The second-order valence-corrected chi connectivity index (χ2v) is 11.4. The minimum absolute atomic E-state index is 0.00617. The SMILES string of the molecule is CC(=O)N1CC/C=C/CC(OCc2ccccc2)(C(F)(F)F)c2nnc(o2)-c2nc(c(C(F)(F)F)cc2NC(=O)OC(C)(C)C)C1. The molecule has 1 aliphatic heterocycles. The fourth-order valence-electron chi connectivity index (χ4n) is 4.51. The van der Waals surface area contributed by atoms with E-state index in [1.54, 1.807) is 30.3 Å². The van der Waals surface area contributed by atoms with Crippen molar-refractivity contribution in [1.82, 2.24) is 20.1 Å². The van der Waals surface area contributed by atoms with E-state index in [-0.39, 0.29) is 13.0 Å². The number of carbonyl (C=O) groups excluding carboxylic acids is 2. The first-order valence-electron chi connectivity index (χ1n) is 14.0. The molecule has 16 heteroatoms. The van der Waals surface area contributed by atoms with Crippen molar-refractivity contribution in [2.24, 2.45) is 0 Å². The number of alkyl halides is 6. The van der Waals surface area contributed by atoms with Gasteiger partial charge in [0.1, 0.15) is 5.60 Å². The molecule has 0 saturated heterocycles. The lowest BCUT2D eigenvalue weighted by molar-refractivity contribution is -0.295. The topological polar surface area (TPSA) is 120 Å². The third-order valence-electron chi connectivity index (χ3n) is 6.73. The van der Waals surface area contributed by atoms with E-state index >= 15 is 0 Å². The highest BCUT2D eigenvalue weighted by Gasteiger charge is 2.61. The summed E-state index contributed by atoms with van der Waals surface area (Å²) in [6.45, 7) is 4.41. The summed E-state index contributed by atoms with van der Waals surface area (Å²) >= 11 is 0. The summed E-state index contributed by atoms with van der Waals surface area (Å²) in [7, 11) is 0. The Hall–Kier alpha value is -4.47. The lowest BCUT2D eigenvalue weighted by atomic mass is 9.97. The molecule has 3 heterocycles. The van der Waals surface area contributed by atoms with Gasteiger partial charge >= 0.3 is 18.4 Å². The van der Waals surface area contributed by atoms with Gasteiger partial charge in [0, 0.05) is 19.9 Å². The number of aromatic nitrogens is 3. The molecule has 0 fully saturated rings. The first-order valence-corrected chi connectivity index (χ1v) is 14.0. The number of fused-ring (bicyclic) bond motifs is 5. The highest BCUT2D eigenvalue weighted by atomic mass is 19.4. The molecular formula is C30H31F6N5O5. The predicted molar refractivity (Wildman–Crippen MR) is 151 cm³/mol. The monoisotopic (exact) mass is 655 g/mol. The second-order valence-electron chi connectivity index (χ2n) is 11.4. The number of ether oxygens (including phenoxy) is 2. The number of nitrogens with one attached hydrogen (secondary N) is 1. The van der Waals surface area contributed by atoms with Crippen LogP contribution >= 0.6 is 0 Å². The molecule has 2 aromatic heterocycles. The first kappa shape index (κ1) is 34.4. The smallest absolute Gasteiger partial charge is 0.426 e. The fourth-order valence-corrected chi connectivity index (χ4v) is 4.51. The van der Waals surface area contributed by atoms with Gasteiger partial charge in [0.05, 0.1) is 30.1 Å². The number of anilines is 1.